The molecule has 0 radical (unpaired) electrons. The van der Waals surface area contributed by atoms with Gasteiger partial charge in [-0.25, -0.2) is 14.4 Å². The topological polar surface area (TPSA) is 32.3 Å². The summed E-state index contributed by atoms with van der Waals surface area (Å²) in [6.07, 6.45) is 3.05. The van der Waals surface area contributed by atoms with E-state index in [2.05, 4.69) is 19.8 Å². The normalized spacial score (nSPS) is 15.3. The van der Waals surface area contributed by atoms with Gasteiger partial charge in [-0.3, -0.25) is 0 Å². The highest BCUT2D eigenvalue weighted by Crippen LogP contribution is 2.23. The molecule has 0 atom stereocenters. The Morgan fingerprint density at radius 1 is 1.10 bits per heavy atom. The summed E-state index contributed by atoms with van der Waals surface area (Å²) in [5.74, 6) is 1.69. The fourth-order valence-corrected chi connectivity index (χ4v) is 2.74. The molecule has 6 heteroatoms. The van der Waals surface area contributed by atoms with Crippen molar-refractivity contribution in [2.75, 3.05) is 36.0 Å². The second-order valence-corrected chi connectivity index (χ2v) is 5.20. The summed E-state index contributed by atoms with van der Waals surface area (Å²) < 4.78 is 13.2. The molecule has 0 bridgehead atoms. The predicted octanol–water partition coefficient (Wildman–Crippen LogP) is 2.68. The van der Waals surface area contributed by atoms with E-state index in [4.69, 9.17) is 11.6 Å². The number of aromatic nitrogens is 2. The van der Waals surface area contributed by atoms with E-state index in [0.29, 0.717) is 0 Å². The molecule has 1 aliphatic heterocycles. The second kappa shape index (κ2) is 6.26. The summed E-state index contributed by atoms with van der Waals surface area (Å²) in [6.45, 7) is 3.35. The maximum atomic E-state index is 13.2. The molecule has 0 N–H and O–H groups in total. The van der Waals surface area contributed by atoms with Gasteiger partial charge in [0.2, 0.25) is 0 Å². The Balaban J connectivity index is 1.71. The van der Waals surface area contributed by atoms with Gasteiger partial charge in [-0.2, -0.15) is 0 Å². The smallest absolute Gasteiger partial charge is 0.141 e. The van der Waals surface area contributed by atoms with Crippen LogP contribution in [0.2, 0.25) is 0 Å². The summed E-state index contributed by atoms with van der Waals surface area (Å²) in [5.41, 5.74) is 0.739. The third-order valence-electron chi connectivity index (χ3n) is 3.61. The van der Waals surface area contributed by atoms with Gasteiger partial charge in [0.15, 0.2) is 0 Å². The van der Waals surface area contributed by atoms with Crippen molar-refractivity contribution in [2.45, 2.75) is 5.88 Å². The quantitative estimate of drug-likeness (QED) is 0.816. The molecular weight excluding hydrogens is 291 g/mol. The molecule has 1 aliphatic rings. The lowest BCUT2D eigenvalue weighted by Gasteiger charge is -2.36. The molecule has 4 nitrogen and oxygen atoms in total. The molecule has 1 fully saturated rings. The first-order valence-corrected chi connectivity index (χ1v) is 7.42. The van der Waals surface area contributed by atoms with Gasteiger partial charge < -0.3 is 9.80 Å². The zero-order chi connectivity index (χ0) is 14.7. The van der Waals surface area contributed by atoms with Crippen LogP contribution in [0.5, 0.6) is 0 Å². The van der Waals surface area contributed by atoms with Gasteiger partial charge in [-0.1, -0.05) is 6.07 Å². The highest BCUT2D eigenvalue weighted by molar-refractivity contribution is 6.17. The Bertz CT molecular complexity index is 600. The summed E-state index contributed by atoms with van der Waals surface area (Å²) in [4.78, 5) is 13.0. The van der Waals surface area contributed by atoms with Crippen molar-refractivity contribution in [3.63, 3.8) is 0 Å². The van der Waals surface area contributed by atoms with Crippen molar-refractivity contribution in [1.29, 1.82) is 0 Å². The van der Waals surface area contributed by atoms with Crippen LogP contribution in [0.4, 0.5) is 16.0 Å². The molecule has 1 saturated heterocycles. The van der Waals surface area contributed by atoms with E-state index in [0.717, 1.165) is 43.4 Å². The molecule has 3 rings (SSSR count). The van der Waals surface area contributed by atoms with E-state index in [1.54, 1.807) is 6.20 Å². The first-order valence-electron chi connectivity index (χ1n) is 6.89. The molecule has 0 aromatic carbocycles. The largest absolute Gasteiger partial charge is 0.353 e. The standard InChI is InChI=1S/C15H16ClFN4/c16-10-12-9-13(17)11-19-15(12)21-7-5-20(6-8-21)14-3-1-2-4-18-14/h1-4,9,11H,5-8,10H2. The number of piperazine rings is 1. The van der Waals surface area contributed by atoms with E-state index in [1.807, 2.05) is 18.2 Å². The average molecular weight is 307 g/mol. The second-order valence-electron chi connectivity index (χ2n) is 4.93. The van der Waals surface area contributed by atoms with E-state index < -0.39 is 0 Å². The SMILES string of the molecule is Fc1cnc(N2CCN(c3ccccn3)CC2)c(CCl)c1. The maximum absolute atomic E-state index is 13.2. The monoisotopic (exact) mass is 306 g/mol. The van der Waals surface area contributed by atoms with Crippen molar-refractivity contribution < 1.29 is 4.39 Å². The molecule has 2 aromatic heterocycles. The Kier molecular flexibility index (Phi) is 4.20. The van der Waals surface area contributed by atoms with Crippen molar-refractivity contribution in [3.8, 4) is 0 Å². The minimum absolute atomic E-state index is 0.264. The Labute approximate surface area is 128 Å². The van der Waals surface area contributed by atoms with Crippen LogP contribution in [0.25, 0.3) is 0 Å². The molecular formula is C15H16ClFN4. The average Bonchev–Trinajstić information content (AvgIpc) is 2.56. The number of hydrogen-bond acceptors (Lipinski definition) is 4. The third kappa shape index (κ3) is 3.08. The summed E-state index contributed by atoms with van der Waals surface area (Å²) in [5, 5.41) is 0. The van der Waals surface area contributed by atoms with Gasteiger partial charge in [0.05, 0.1) is 12.1 Å². The van der Waals surface area contributed by atoms with Gasteiger partial charge in [-0.15, -0.1) is 11.6 Å². The third-order valence-corrected chi connectivity index (χ3v) is 3.89. The number of halogens is 2. The Morgan fingerprint density at radius 2 is 1.86 bits per heavy atom. The van der Waals surface area contributed by atoms with Crippen LogP contribution in [-0.4, -0.2) is 36.1 Å². The van der Waals surface area contributed by atoms with Crippen molar-refractivity contribution in [2.24, 2.45) is 0 Å². The lowest BCUT2D eigenvalue weighted by Crippen LogP contribution is -2.47. The van der Waals surface area contributed by atoms with Crippen LogP contribution < -0.4 is 9.80 Å². The van der Waals surface area contributed by atoms with Crippen LogP contribution >= 0.6 is 11.6 Å². The molecule has 0 amide bonds. The van der Waals surface area contributed by atoms with E-state index in [1.165, 1.54) is 12.3 Å². The number of rotatable bonds is 3. The first-order chi connectivity index (χ1) is 10.3. The van der Waals surface area contributed by atoms with E-state index in [-0.39, 0.29) is 11.7 Å². The number of hydrogen-bond donors (Lipinski definition) is 0. The Morgan fingerprint density at radius 3 is 2.52 bits per heavy atom. The van der Waals surface area contributed by atoms with Crippen molar-refractivity contribution in [3.05, 3.63) is 48.0 Å². The zero-order valence-electron chi connectivity index (χ0n) is 11.5. The summed E-state index contributed by atoms with van der Waals surface area (Å²) in [6, 6.07) is 7.37. The number of anilines is 2. The molecule has 21 heavy (non-hydrogen) atoms. The zero-order valence-corrected chi connectivity index (χ0v) is 12.3. The number of nitrogens with zero attached hydrogens (tertiary/aromatic N) is 4. The molecule has 0 aliphatic carbocycles. The van der Waals surface area contributed by atoms with Crippen LogP contribution in [-0.2, 0) is 5.88 Å². The molecule has 3 heterocycles. The molecule has 0 unspecified atom stereocenters. The van der Waals surface area contributed by atoms with Crippen LogP contribution in [0.15, 0.2) is 36.7 Å². The summed E-state index contributed by atoms with van der Waals surface area (Å²) >= 11 is 5.89. The van der Waals surface area contributed by atoms with Gasteiger partial charge >= 0.3 is 0 Å². The van der Waals surface area contributed by atoms with E-state index in [9.17, 15) is 4.39 Å². The highest BCUT2D eigenvalue weighted by atomic mass is 35.5. The van der Waals surface area contributed by atoms with Crippen LogP contribution in [0, 0.1) is 5.82 Å². The predicted molar refractivity (Wildman–Crippen MR) is 82.4 cm³/mol. The molecule has 2 aromatic rings. The van der Waals surface area contributed by atoms with E-state index >= 15 is 0 Å². The van der Waals surface area contributed by atoms with Crippen LogP contribution in [0.1, 0.15) is 5.56 Å². The minimum Gasteiger partial charge on any atom is -0.353 e. The lowest BCUT2D eigenvalue weighted by atomic mass is 10.2. The first kappa shape index (κ1) is 14.1. The van der Waals surface area contributed by atoms with Gasteiger partial charge in [0.25, 0.3) is 0 Å². The van der Waals surface area contributed by atoms with Crippen LogP contribution in [0.3, 0.4) is 0 Å². The van der Waals surface area contributed by atoms with Crippen molar-refractivity contribution >= 4 is 23.2 Å². The van der Waals surface area contributed by atoms with Crippen molar-refractivity contribution in [1.82, 2.24) is 9.97 Å². The highest BCUT2D eigenvalue weighted by Gasteiger charge is 2.21. The maximum Gasteiger partial charge on any atom is 0.141 e. The fourth-order valence-electron chi connectivity index (χ4n) is 2.55. The lowest BCUT2D eigenvalue weighted by molar-refractivity contribution is 0.611. The summed E-state index contributed by atoms with van der Waals surface area (Å²) in [7, 11) is 0. The molecule has 0 saturated carbocycles. The minimum atomic E-state index is -0.346. The van der Waals surface area contributed by atoms with Gasteiger partial charge in [-0.05, 0) is 18.2 Å². The molecule has 110 valence electrons. The van der Waals surface area contributed by atoms with Gasteiger partial charge in [0, 0.05) is 37.9 Å². The number of alkyl halides is 1. The van der Waals surface area contributed by atoms with Gasteiger partial charge in [0.1, 0.15) is 17.5 Å². The Hall–Kier alpha value is -1.88. The fraction of sp³-hybridized carbons (Fsp3) is 0.333. The number of pyridine rings is 2. The molecule has 0 spiro atoms.